The number of ether oxygens (including phenoxy) is 1. The van der Waals surface area contributed by atoms with Crippen LogP contribution in [0.4, 0.5) is 0 Å². The fourth-order valence-electron chi connectivity index (χ4n) is 1.77. The zero-order valence-electron chi connectivity index (χ0n) is 10.6. The lowest BCUT2D eigenvalue weighted by molar-refractivity contribution is 0.193. The van der Waals surface area contributed by atoms with Crippen molar-refractivity contribution < 1.29 is 4.74 Å². The number of hydrogen-bond donors (Lipinski definition) is 1. The van der Waals surface area contributed by atoms with Crippen LogP contribution in [0.15, 0.2) is 30.3 Å². The van der Waals surface area contributed by atoms with Gasteiger partial charge in [0.15, 0.2) is 0 Å². The fraction of sp³-hybridized carbons (Fsp3) is 0.571. The van der Waals surface area contributed by atoms with Crippen LogP contribution in [0.25, 0.3) is 0 Å². The van der Waals surface area contributed by atoms with Gasteiger partial charge in [0.1, 0.15) is 0 Å². The lowest BCUT2D eigenvalue weighted by Crippen LogP contribution is -2.32. The molecule has 2 atom stereocenters. The summed E-state index contributed by atoms with van der Waals surface area (Å²) in [5.41, 5.74) is 1.40. The van der Waals surface area contributed by atoms with E-state index >= 15 is 0 Å². The zero-order chi connectivity index (χ0) is 11.8. The molecule has 2 nitrogen and oxygen atoms in total. The van der Waals surface area contributed by atoms with Crippen molar-refractivity contribution in [3.05, 3.63) is 35.9 Å². The minimum Gasteiger partial charge on any atom is -0.385 e. The third-order valence-electron chi connectivity index (χ3n) is 3.07. The summed E-state index contributed by atoms with van der Waals surface area (Å²) in [6.07, 6.45) is 1.07. The van der Waals surface area contributed by atoms with Gasteiger partial charge in [-0.1, -0.05) is 37.3 Å². The number of rotatable bonds is 7. The molecular weight excluding hydrogens is 198 g/mol. The fourth-order valence-corrected chi connectivity index (χ4v) is 1.77. The largest absolute Gasteiger partial charge is 0.385 e. The molecule has 0 spiro atoms. The van der Waals surface area contributed by atoms with Gasteiger partial charge in [-0.05, 0) is 31.4 Å². The van der Waals surface area contributed by atoms with Crippen molar-refractivity contribution >= 4 is 0 Å². The summed E-state index contributed by atoms with van der Waals surface area (Å²) in [7, 11) is 1.75. The molecule has 2 unspecified atom stereocenters. The van der Waals surface area contributed by atoms with Gasteiger partial charge < -0.3 is 10.1 Å². The van der Waals surface area contributed by atoms with Crippen LogP contribution >= 0.6 is 0 Å². The van der Waals surface area contributed by atoms with Crippen molar-refractivity contribution in [3.8, 4) is 0 Å². The van der Waals surface area contributed by atoms with Crippen molar-refractivity contribution in [2.45, 2.75) is 32.2 Å². The molecule has 2 heteroatoms. The van der Waals surface area contributed by atoms with Crippen molar-refractivity contribution in [1.82, 2.24) is 5.32 Å². The van der Waals surface area contributed by atoms with Crippen molar-refractivity contribution in [3.63, 3.8) is 0 Å². The van der Waals surface area contributed by atoms with Crippen LogP contribution in [0.5, 0.6) is 0 Å². The summed E-state index contributed by atoms with van der Waals surface area (Å²) in [4.78, 5) is 0. The van der Waals surface area contributed by atoms with E-state index in [2.05, 4.69) is 49.5 Å². The summed E-state index contributed by atoms with van der Waals surface area (Å²) in [5.74, 6) is 0.545. The van der Waals surface area contributed by atoms with Crippen molar-refractivity contribution in [2.24, 2.45) is 0 Å². The van der Waals surface area contributed by atoms with Gasteiger partial charge in [-0.2, -0.15) is 0 Å². The summed E-state index contributed by atoms with van der Waals surface area (Å²) >= 11 is 0. The molecule has 0 saturated carbocycles. The van der Waals surface area contributed by atoms with Crippen molar-refractivity contribution in [2.75, 3.05) is 20.3 Å². The third-order valence-corrected chi connectivity index (χ3v) is 3.07. The lowest BCUT2D eigenvalue weighted by Gasteiger charge is -2.21. The highest BCUT2D eigenvalue weighted by Gasteiger charge is 2.12. The predicted octanol–water partition coefficient (Wildman–Crippen LogP) is 2.80. The Labute approximate surface area is 99.0 Å². The van der Waals surface area contributed by atoms with Crippen LogP contribution in [0.3, 0.4) is 0 Å². The van der Waals surface area contributed by atoms with Gasteiger partial charge in [0.2, 0.25) is 0 Å². The predicted molar refractivity (Wildman–Crippen MR) is 68.8 cm³/mol. The molecule has 16 heavy (non-hydrogen) atoms. The average Bonchev–Trinajstić information content (AvgIpc) is 2.34. The molecule has 0 heterocycles. The average molecular weight is 221 g/mol. The van der Waals surface area contributed by atoms with Crippen LogP contribution < -0.4 is 5.32 Å². The van der Waals surface area contributed by atoms with Gasteiger partial charge in [-0.15, -0.1) is 0 Å². The van der Waals surface area contributed by atoms with Gasteiger partial charge in [0.25, 0.3) is 0 Å². The molecule has 90 valence electrons. The molecule has 0 aliphatic rings. The van der Waals surface area contributed by atoms with Crippen LogP contribution in [-0.2, 0) is 4.74 Å². The second kappa shape index (κ2) is 7.42. The molecule has 0 amide bonds. The van der Waals surface area contributed by atoms with Crippen LogP contribution in [0, 0.1) is 0 Å². The SMILES string of the molecule is COCCCNC(C)C(C)c1ccccc1. The highest BCUT2D eigenvalue weighted by molar-refractivity contribution is 5.20. The number of nitrogens with one attached hydrogen (secondary N) is 1. The standard InChI is InChI=1S/C14H23NO/c1-12(14-8-5-4-6-9-14)13(2)15-10-7-11-16-3/h4-6,8-9,12-13,15H,7,10-11H2,1-3H3. The summed E-state index contributed by atoms with van der Waals surface area (Å²) in [5, 5.41) is 3.54. The Morgan fingerprint density at radius 2 is 1.88 bits per heavy atom. The van der Waals surface area contributed by atoms with Crippen molar-refractivity contribution in [1.29, 1.82) is 0 Å². The molecule has 0 fully saturated rings. The topological polar surface area (TPSA) is 21.3 Å². The Balaban J connectivity index is 2.33. The number of methoxy groups -OCH3 is 1. The second-order valence-corrected chi connectivity index (χ2v) is 4.29. The van der Waals surface area contributed by atoms with E-state index in [4.69, 9.17) is 4.74 Å². The maximum atomic E-state index is 5.03. The quantitative estimate of drug-likeness (QED) is 0.715. The second-order valence-electron chi connectivity index (χ2n) is 4.29. The molecule has 0 aliphatic heterocycles. The first-order valence-electron chi connectivity index (χ1n) is 6.03. The van der Waals surface area contributed by atoms with Crippen LogP contribution in [-0.4, -0.2) is 26.3 Å². The molecule has 0 bridgehead atoms. The molecule has 0 radical (unpaired) electrons. The van der Waals surface area contributed by atoms with E-state index in [9.17, 15) is 0 Å². The van der Waals surface area contributed by atoms with Crippen LogP contribution in [0.1, 0.15) is 31.7 Å². The minimum absolute atomic E-state index is 0.499. The van der Waals surface area contributed by atoms with Gasteiger partial charge in [0, 0.05) is 19.8 Å². The third kappa shape index (κ3) is 4.33. The maximum Gasteiger partial charge on any atom is 0.0474 e. The Kier molecular flexibility index (Phi) is 6.12. The first-order valence-corrected chi connectivity index (χ1v) is 6.03. The summed E-state index contributed by atoms with van der Waals surface area (Å²) in [6.45, 7) is 6.36. The highest BCUT2D eigenvalue weighted by atomic mass is 16.5. The molecule has 0 aromatic heterocycles. The maximum absolute atomic E-state index is 5.03. The normalized spacial score (nSPS) is 14.7. The van der Waals surface area contributed by atoms with E-state index in [1.807, 2.05) is 0 Å². The zero-order valence-corrected chi connectivity index (χ0v) is 10.6. The molecule has 1 rings (SSSR count). The van der Waals surface area contributed by atoms with E-state index in [1.165, 1.54) is 5.56 Å². The van der Waals surface area contributed by atoms with E-state index in [0.29, 0.717) is 12.0 Å². The van der Waals surface area contributed by atoms with Gasteiger partial charge in [-0.3, -0.25) is 0 Å². The molecule has 0 aliphatic carbocycles. The molecule has 0 saturated heterocycles. The Bertz CT molecular complexity index is 273. The molecular formula is C14H23NO. The molecule has 1 aromatic rings. The smallest absolute Gasteiger partial charge is 0.0474 e. The van der Waals surface area contributed by atoms with Gasteiger partial charge >= 0.3 is 0 Å². The minimum atomic E-state index is 0.499. The first kappa shape index (κ1) is 13.2. The summed E-state index contributed by atoms with van der Waals surface area (Å²) < 4.78 is 5.03. The van der Waals surface area contributed by atoms with E-state index < -0.39 is 0 Å². The Morgan fingerprint density at radius 1 is 1.19 bits per heavy atom. The summed E-state index contributed by atoms with van der Waals surface area (Å²) in [6, 6.07) is 11.1. The molecule has 1 N–H and O–H groups in total. The van der Waals surface area contributed by atoms with E-state index in [1.54, 1.807) is 7.11 Å². The Morgan fingerprint density at radius 3 is 2.50 bits per heavy atom. The number of benzene rings is 1. The van der Waals surface area contributed by atoms with E-state index in [0.717, 1.165) is 19.6 Å². The Hall–Kier alpha value is -0.860. The van der Waals surface area contributed by atoms with Gasteiger partial charge in [0.05, 0.1) is 0 Å². The van der Waals surface area contributed by atoms with Gasteiger partial charge in [-0.25, -0.2) is 0 Å². The lowest BCUT2D eigenvalue weighted by atomic mass is 9.94. The highest BCUT2D eigenvalue weighted by Crippen LogP contribution is 2.18. The first-order chi connectivity index (χ1) is 7.75. The number of hydrogen-bond acceptors (Lipinski definition) is 2. The molecule has 1 aromatic carbocycles. The monoisotopic (exact) mass is 221 g/mol. The van der Waals surface area contributed by atoms with E-state index in [-0.39, 0.29) is 0 Å². The van der Waals surface area contributed by atoms with Crippen LogP contribution in [0.2, 0.25) is 0 Å².